The number of ether oxygens (including phenoxy) is 1. The van der Waals surface area contributed by atoms with Gasteiger partial charge in [0.05, 0.1) is 13.2 Å². The normalized spacial score (nSPS) is 16.7. The molecule has 2 nitrogen and oxygen atoms in total. The van der Waals surface area contributed by atoms with Gasteiger partial charge in [-0.25, -0.2) is 0 Å². The first-order chi connectivity index (χ1) is 10.3. The van der Waals surface area contributed by atoms with Gasteiger partial charge in [-0.2, -0.15) is 0 Å². The highest BCUT2D eigenvalue weighted by Gasteiger charge is 2.20. The van der Waals surface area contributed by atoms with E-state index in [9.17, 15) is 0 Å². The number of fused-ring (bicyclic) bond motifs is 1. The molecule has 2 aromatic rings. The Morgan fingerprint density at radius 1 is 1.24 bits per heavy atom. The van der Waals surface area contributed by atoms with Crippen LogP contribution in [0.1, 0.15) is 35.6 Å². The molecule has 1 N–H and O–H groups in total. The molecule has 2 heteroatoms. The number of terminal acetylenes is 1. The number of aryl methyl sites for hydroxylation is 1. The molecule has 0 fully saturated rings. The van der Waals surface area contributed by atoms with E-state index in [-0.39, 0.29) is 0 Å². The quantitative estimate of drug-likeness (QED) is 0.850. The standard InChI is InChI=1S/C19H19NO/c1-3-14-6-4-8-16(12-14)20-19-9-5-7-15-13-17(21-2)10-11-18(15)19/h1,4,6,8,10-13,19-20H,5,7,9H2,2H3. The lowest BCUT2D eigenvalue weighted by molar-refractivity contribution is 0.413. The van der Waals surface area contributed by atoms with E-state index in [4.69, 9.17) is 11.2 Å². The Morgan fingerprint density at radius 3 is 2.95 bits per heavy atom. The van der Waals surface area contributed by atoms with E-state index in [1.54, 1.807) is 7.11 Å². The third-order valence-corrected chi connectivity index (χ3v) is 4.03. The Balaban J connectivity index is 1.86. The molecule has 106 valence electrons. The van der Waals surface area contributed by atoms with Crippen LogP contribution in [0.2, 0.25) is 0 Å². The van der Waals surface area contributed by atoms with Gasteiger partial charge in [-0.05, 0) is 60.7 Å². The monoisotopic (exact) mass is 277 g/mol. The molecule has 0 amide bonds. The molecule has 0 bridgehead atoms. The second-order valence-electron chi connectivity index (χ2n) is 5.38. The number of methoxy groups -OCH3 is 1. The fraction of sp³-hybridized carbons (Fsp3) is 0.263. The van der Waals surface area contributed by atoms with Crippen molar-refractivity contribution in [3.8, 4) is 18.1 Å². The van der Waals surface area contributed by atoms with Crippen LogP contribution >= 0.6 is 0 Å². The Bertz CT molecular complexity index is 684. The molecular formula is C19H19NO. The predicted octanol–water partition coefficient (Wildman–Crippen LogP) is 4.17. The summed E-state index contributed by atoms with van der Waals surface area (Å²) in [6, 6.07) is 14.7. The van der Waals surface area contributed by atoms with Crippen LogP contribution in [0.3, 0.4) is 0 Å². The van der Waals surface area contributed by atoms with Crippen LogP contribution in [0, 0.1) is 12.3 Å². The third kappa shape index (κ3) is 2.87. The molecule has 0 heterocycles. The number of hydrogen-bond acceptors (Lipinski definition) is 2. The SMILES string of the molecule is C#Cc1cccc(NC2CCCc3cc(OC)ccc32)c1. The Labute approximate surface area is 126 Å². The van der Waals surface area contributed by atoms with Gasteiger partial charge in [0.15, 0.2) is 0 Å². The zero-order valence-electron chi connectivity index (χ0n) is 12.2. The lowest BCUT2D eigenvalue weighted by Crippen LogP contribution is -2.17. The van der Waals surface area contributed by atoms with Crippen LogP contribution in [0.4, 0.5) is 5.69 Å². The number of nitrogens with one attached hydrogen (secondary N) is 1. The zero-order valence-corrected chi connectivity index (χ0v) is 12.2. The second kappa shape index (κ2) is 5.93. The van der Waals surface area contributed by atoms with Crippen LogP contribution in [0.15, 0.2) is 42.5 Å². The van der Waals surface area contributed by atoms with E-state index in [0.29, 0.717) is 6.04 Å². The van der Waals surface area contributed by atoms with Crippen LogP contribution in [0.25, 0.3) is 0 Å². The lowest BCUT2D eigenvalue weighted by Gasteiger charge is -2.27. The zero-order chi connectivity index (χ0) is 14.7. The Kier molecular flexibility index (Phi) is 3.83. The van der Waals surface area contributed by atoms with Crippen molar-refractivity contribution in [2.45, 2.75) is 25.3 Å². The largest absolute Gasteiger partial charge is 0.497 e. The first-order valence-corrected chi connectivity index (χ1v) is 7.30. The summed E-state index contributed by atoms with van der Waals surface area (Å²) in [5, 5.41) is 3.61. The van der Waals surface area contributed by atoms with Gasteiger partial charge >= 0.3 is 0 Å². The fourth-order valence-electron chi connectivity index (χ4n) is 2.97. The van der Waals surface area contributed by atoms with Crippen LogP contribution in [0.5, 0.6) is 5.75 Å². The van der Waals surface area contributed by atoms with E-state index in [1.807, 2.05) is 24.3 Å². The van der Waals surface area contributed by atoms with Crippen molar-refractivity contribution in [1.82, 2.24) is 0 Å². The molecule has 1 unspecified atom stereocenters. The maximum Gasteiger partial charge on any atom is 0.119 e. The van der Waals surface area contributed by atoms with E-state index < -0.39 is 0 Å². The predicted molar refractivity (Wildman–Crippen MR) is 86.7 cm³/mol. The summed E-state index contributed by atoms with van der Waals surface area (Å²) < 4.78 is 5.32. The molecular weight excluding hydrogens is 258 g/mol. The molecule has 0 saturated heterocycles. The average molecular weight is 277 g/mol. The van der Waals surface area contributed by atoms with E-state index in [1.165, 1.54) is 17.5 Å². The van der Waals surface area contributed by atoms with Gasteiger partial charge in [-0.3, -0.25) is 0 Å². The smallest absolute Gasteiger partial charge is 0.119 e. The molecule has 0 aromatic heterocycles. The van der Waals surface area contributed by atoms with Crippen LogP contribution in [-0.4, -0.2) is 7.11 Å². The van der Waals surface area contributed by atoms with Gasteiger partial charge in [0.25, 0.3) is 0 Å². The van der Waals surface area contributed by atoms with Gasteiger partial charge < -0.3 is 10.1 Å². The average Bonchev–Trinajstić information content (AvgIpc) is 2.55. The maximum atomic E-state index is 5.47. The van der Waals surface area contributed by atoms with Crippen molar-refractivity contribution in [3.63, 3.8) is 0 Å². The molecule has 2 aromatic carbocycles. The lowest BCUT2D eigenvalue weighted by atomic mass is 9.87. The molecule has 3 rings (SSSR count). The van der Waals surface area contributed by atoms with Gasteiger partial charge in [-0.1, -0.05) is 18.1 Å². The highest BCUT2D eigenvalue weighted by molar-refractivity contribution is 5.52. The van der Waals surface area contributed by atoms with E-state index in [2.05, 4.69) is 29.4 Å². The molecule has 0 radical (unpaired) electrons. The van der Waals surface area contributed by atoms with Gasteiger partial charge in [-0.15, -0.1) is 6.42 Å². The Morgan fingerprint density at radius 2 is 2.14 bits per heavy atom. The van der Waals surface area contributed by atoms with Crippen molar-refractivity contribution in [3.05, 3.63) is 59.2 Å². The van der Waals surface area contributed by atoms with Crippen molar-refractivity contribution in [2.24, 2.45) is 0 Å². The number of rotatable bonds is 3. The van der Waals surface area contributed by atoms with Crippen LogP contribution < -0.4 is 10.1 Å². The summed E-state index contributed by atoms with van der Waals surface area (Å²) in [7, 11) is 1.71. The summed E-state index contributed by atoms with van der Waals surface area (Å²) in [5.41, 5.74) is 4.74. The van der Waals surface area contributed by atoms with Crippen LogP contribution in [-0.2, 0) is 6.42 Å². The highest BCUT2D eigenvalue weighted by Crippen LogP contribution is 2.34. The number of anilines is 1. The summed E-state index contributed by atoms with van der Waals surface area (Å²) in [4.78, 5) is 0. The maximum absolute atomic E-state index is 5.47. The second-order valence-corrected chi connectivity index (χ2v) is 5.38. The minimum Gasteiger partial charge on any atom is -0.497 e. The minimum atomic E-state index is 0.340. The van der Waals surface area contributed by atoms with Crippen molar-refractivity contribution in [2.75, 3.05) is 12.4 Å². The third-order valence-electron chi connectivity index (χ3n) is 4.03. The molecule has 1 aliphatic carbocycles. The number of benzene rings is 2. The van der Waals surface area contributed by atoms with Crippen molar-refractivity contribution >= 4 is 5.69 Å². The molecule has 21 heavy (non-hydrogen) atoms. The summed E-state index contributed by atoms with van der Waals surface area (Å²) >= 11 is 0. The van der Waals surface area contributed by atoms with Gasteiger partial charge in [0, 0.05) is 11.3 Å². The first-order valence-electron chi connectivity index (χ1n) is 7.30. The molecule has 1 atom stereocenters. The minimum absolute atomic E-state index is 0.340. The van der Waals surface area contributed by atoms with Crippen molar-refractivity contribution < 1.29 is 4.74 Å². The topological polar surface area (TPSA) is 21.3 Å². The van der Waals surface area contributed by atoms with Gasteiger partial charge in [0.1, 0.15) is 5.75 Å². The van der Waals surface area contributed by atoms with E-state index in [0.717, 1.165) is 29.8 Å². The first kappa shape index (κ1) is 13.6. The molecule has 0 aliphatic heterocycles. The highest BCUT2D eigenvalue weighted by atomic mass is 16.5. The number of hydrogen-bond donors (Lipinski definition) is 1. The summed E-state index contributed by atoms with van der Waals surface area (Å²) in [5.74, 6) is 3.62. The molecule has 0 spiro atoms. The van der Waals surface area contributed by atoms with Gasteiger partial charge in [0.2, 0.25) is 0 Å². The summed E-state index contributed by atoms with van der Waals surface area (Å²) in [6.45, 7) is 0. The molecule has 1 aliphatic rings. The molecule has 0 saturated carbocycles. The van der Waals surface area contributed by atoms with Crippen molar-refractivity contribution in [1.29, 1.82) is 0 Å². The fourth-order valence-corrected chi connectivity index (χ4v) is 2.97. The Hall–Kier alpha value is -2.40. The van der Waals surface area contributed by atoms with E-state index >= 15 is 0 Å². The summed E-state index contributed by atoms with van der Waals surface area (Å²) in [6.07, 6.45) is 8.91.